The Balaban J connectivity index is 4.40. The maximum atomic E-state index is 11.7. The Labute approximate surface area is 68.3 Å². The van der Waals surface area contributed by atoms with Crippen molar-refractivity contribution in [3.8, 4) is 0 Å². The van der Waals surface area contributed by atoms with Crippen molar-refractivity contribution < 1.29 is 3.83 Å². The van der Waals surface area contributed by atoms with Gasteiger partial charge < -0.3 is 0 Å². The predicted octanol–water partition coefficient (Wildman–Crippen LogP) is 3.01. The molecular weight excluding hydrogens is 191 g/mol. The summed E-state index contributed by atoms with van der Waals surface area (Å²) in [4.78, 5) is 0. The standard InChI is InChI=1S/C8H18OSe/c1-7(2,3)10(9)8(4,5)6/h1-6H3. The summed E-state index contributed by atoms with van der Waals surface area (Å²) < 4.78 is 11.7. The first-order valence-corrected chi connectivity index (χ1v) is 5.99. The van der Waals surface area contributed by atoms with Crippen LogP contribution in [0.25, 0.3) is 0 Å². The molecule has 0 radical (unpaired) electrons. The van der Waals surface area contributed by atoms with E-state index in [4.69, 9.17) is 0 Å². The van der Waals surface area contributed by atoms with E-state index in [1.807, 2.05) is 0 Å². The van der Waals surface area contributed by atoms with Crippen LogP contribution >= 0.6 is 0 Å². The van der Waals surface area contributed by atoms with Crippen molar-refractivity contribution in [3.05, 3.63) is 0 Å². The van der Waals surface area contributed by atoms with Crippen LogP contribution in [-0.4, -0.2) is 13.8 Å². The van der Waals surface area contributed by atoms with Gasteiger partial charge in [0, 0.05) is 0 Å². The molecule has 0 aliphatic rings. The van der Waals surface area contributed by atoms with E-state index in [0.29, 0.717) is 0 Å². The molecule has 0 aromatic rings. The predicted molar refractivity (Wildman–Crippen MR) is 45.9 cm³/mol. The minimum atomic E-state index is -1.69. The van der Waals surface area contributed by atoms with Crippen LogP contribution in [0.4, 0.5) is 0 Å². The van der Waals surface area contributed by atoms with E-state index in [0.717, 1.165) is 0 Å². The van der Waals surface area contributed by atoms with Gasteiger partial charge in [0.1, 0.15) is 0 Å². The zero-order valence-electron chi connectivity index (χ0n) is 7.82. The first-order chi connectivity index (χ1) is 4.15. The molecule has 0 rings (SSSR count). The fourth-order valence-corrected chi connectivity index (χ4v) is 4.77. The summed E-state index contributed by atoms with van der Waals surface area (Å²) in [6.45, 7) is 12.3. The average Bonchev–Trinajstić information content (AvgIpc) is 1.59. The Morgan fingerprint density at radius 3 is 1.00 bits per heavy atom. The van der Waals surface area contributed by atoms with Crippen molar-refractivity contribution in [2.24, 2.45) is 0 Å². The van der Waals surface area contributed by atoms with Gasteiger partial charge in [-0.05, 0) is 0 Å². The third-order valence-corrected chi connectivity index (χ3v) is 5.78. The van der Waals surface area contributed by atoms with Gasteiger partial charge in [0.2, 0.25) is 0 Å². The van der Waals surface area contributed by atoms with Crippen molar-refractivity contribution in [2.45, 2.75) is 50.2 Å². The first kappa shape index (κ1) is 10.3. The molecule has 0 aromatic carbocycles. The summed E-state index contributed by atoms with van der Waals surface area (Å²) in [7, 11) is 0. The molecule has 0 amide bonds. The summed E-state index contributed by atoms with van der Waals surface area (Å²) in [5.41, 5.74) is 0. The summed E-state index contributed by atoms with van der Waals surface area (Å²) in [5, 5.41) is 0. The van der Waals surface area contributed by atoms with Gasteiger partial charge in [-0.25, -0.2) is 0 Å². The molecule has 0 unspecified atom stereocenters. The Morgan fingerprint density at radius 2 is 1.00 bits per heavy atom. The molecule has 0 spiro atoms. The SMILES string of the molecule is CC(C)(C)[Se](=O)C(C)(C)C. The number of hydrogen-bond acceptors (Lipinski definition) is 1. The van der Waals surface area contributed by atoms with Crippen LogP contribution in [0.5, 0.6) is 0 Å². The molecule has 0 bridgehead atoms. The maximum absolute atomic E-state index is 11.7. The van der Waals surface area contributed by atoms with Crippen molar-refractivity contribution in [2.75, 3.05) is 0 Å². The number of hydrogen-bond donors (Lipinski definition) is 0. The second kappa shape index (κ2) is 2.75. The van der Waals surface area contributed by atoms with Crippen LogP contribution in [0.1, 0.15) is 41.5 Å². The Kier molecular flexibility index (Phi) is 2.84. The molecule has 0 aromatic heterocycles. The van der Waals surface area contributed by atoms with E-state index >= 15 is 0 Å². The van der Waals surface area contributed by atoms with Gasteiger partial charge in [-0.2, -0.15) is 0 Å². The normalized spacial score (nSPS) is 14.3. The quantitative estimate of drug-likeness (QED) is 0.560. The molecule has 0 saturated carbocycles. The third-order valence-electron chi connectivity index (χ3n) is 1.11. The van der Waals surface area contributed by atoms with Crippen LogP contribution in [0.15, 0.2) is 0 Å². The molecule has 0 atom stereocenters. The van der Waals surface area contributed by atoms with Crippen LogP contribution in [0.2, 0.25) is 8.63 Å². The second-order valence-corrected chi connectivity index (χ2v) is 10.8. The molecule has 10 heavy (non-hydrogen) atoms. The minimum absolute atomic E-state index is 0.0122. The zero-order valence-corrected chi connectivity index (χ0v) is 9.53. The summed E-state index contributed by atoms with van der Waals surface area (Å²) >= 11 is -1.69. The van der Waals surface area contributed by atoms with Crippen LogP contribution in [0.3, 0.4) is 0 Å². The average molecular weight is 209 g/mol. The zero-order chi connectivity index (χ0) is 8.58. The van der Waals surface area contributed by atoms with Gasteiger partial charge in [-0.3, -0.25) is 0 Å². The molecular formula is C8H18OSe. The van der Waals surface area contributed by atoms with Crippen molar-refractivity contribution >= 4 is 13.8 Å². The molecule has 0 aliphatic heterocycles. The monoisotopic (exact) mass is 210 g/mol. The van der Waals surface area contributed by atoms with E-state index in [-0.39, 0.29) is 8.63 Å². The van der Waals surface area contributed by atoms with Gasteiger partial charge in [0.25, 0.3) is 0 Å². The summed E-state index contributed by atoms with van der Waals surface area (Å²) in [5.74, 6) is 0. The Morgan fingerprint density at radius 1 is 0.800 bits per heavy atom. The fraction of sp³-hybridized carbons (Fsp3) is 1.00. The van der Waals surface area contributed by atoms with Crippen molar-refractivity contribution in [1.82, 2.24) is 0 Å². The molecule has 1 nitrogen and oxygen atoms in total. The fourth-order valence-electron chi connectivity index (χ4n) is 0.919. The topological polar surface area (TPSA) is 17.1 Å². The molecule has 0 heterocycles. The van der Waals surface area contributed by atoms with E-state index in [1.54, 1.807) is 0 Å². The van der Waals surface area contributed by atoms with E-state index in [9.17, 15) is 3.83 Å². The summed E-state index contributed by atoms with van der Waals surface area (Å²) in [6, 6.07) is 0. The summed E-state index contributed by atoms with van der Waals surface area (Å²) in [6.07, 6.45) is 0. The van der Waals surface area contributed by atoms with Crippen LogP contribution in [-0.2, 0) is 3.83 Å². The van der Waals surface area contributed by atoms with Gasteiger partial charge in [-0.1, -0.05) is 0 Å². The molecule has 0 fully saturated rings. The van der Waals surface area contributed by atoms with Crippen molar-refractivity contribution in [3.63, 3.8) is 0 Å². The van der Waals surface area contributed by atoms with Crippen LogP contribution < -0.4 is 0 Å². The first-order valence-electron chi connectivity index (χ1n) is 3.57. The van der Waals surface area contributed by atoms with E-state index in [1.165, 1.54) is 0 Å². The Hall–Kier alpha value is 0.319. The third kappa shape index (κ3) is 2.94. The molecule has 2 heteroatoms. The second-order valence-electron chi connectivity index (χ2n) is 4.49. The molecule has 0 N–H and O–H groups in total. The number of rotatable bonds is 0. The molecule has 0 saturated heterocycles. The van der Waals surface area contributed by atoms with Gasteiger partial charge in [-0.15, -0.1) is 0 Å². The Bertz CT molecular complexity index is 120. The van der Waals surface area contributed by atoms with Gasteiger partial charge in [0.05, 0.1) is 0 Å². The molecule has 62 valence electrons. The van der Waals surface area contributed by atoms with Gasteiger partial charge >= 0.3 is 67.8 Å². The van der Waals surface area contributed by atoms with E-state index < -0.39 is 13.8 Å². The van der Waals surface area contributed by atoms with Gasteiger partial charge in [0.15, 0.2) is 0 Å². The van der Waals surface area contributed by atoms with Crippen molar-refractivity contribution in [1.29, 1.82) is 0 Å². The van der Waals surface area contributed by atoms with Crippen LogP contribution in [0, 0.1) is 0 Å². The molecule has 0 aliphatic carbocycles. The van der Waals surface area contributed by atoms with E-state index in [2.05, 4.69) is 41.5 Å².